The number of nitrogens with one attached hydrogen (secondary N) is 1. The third kappa shape index (κ3) is 3.43. The number of rotatable bonds is 3. The van der Waals surface area contributed by atoms with Gasteiger partial charge in [-0.25, -0.2) is 8.78 Å². The fraction of sp³-hybridized carbons (Fsp3) is 0.0714. The average Bonchev–Trinajstić information content (AvgIpc) is 2.37. The van der Waals surface area contributed by atoms with Crippen molar-refractivity contribution in [1.82, 2.24) is 0 Å². The lowest BCUT2D eigenvalue weighted by molar-refractivity contribution is 0.102. The maximum Gasteiger partial charge on any atom is 0.262 e. The summed E-state index contributed by atoms with van der Waals surface area (Å²) >= 11 is 0. The fourth-order valence-electron chi connectivity index (χ4n) is 1.73. The molecule has 0 saturated heterocycles. The average molecular weight is 311 g/mol. The topological polar surface area (TPSA) is 66.4 Å². The molecule has 0 radical (unpaired) electrons. The Morgan fingerprint density at radius 3 is 2.57 bits per heavy atom. The quantitative estimate of drug-likeness (QED) is 0.916. The van der Waals surface area contributed by atoms with Gasteiger partial charge in [0.25, 0.3) is 5.91 Å². The molecule has 0 aliphatic carbocycles. The normalized spacial score (nSPS) is 12.0. The second kappa shape index (κ2) is 6.01. The standard InChI is InChI=1S/C14H11F2NO3S/c1-21(20)10-4-2-3-9(7-10)17-14(19)13-11(16)5-8(15)6-12(13)18/h2-7,18H,1H3,(H,17,19). The van der Waals surface area contributed by atoms with Crippen LogP contribution in [0.5, 0.6) is 5.75 Å². The first kappa shape index (κ1) is 15.1. The molecule has 0 spiro atoms. The molecule has 7 heteroatoms. The van der Waals surface area contributed by atoms with Gasteiger partial charge in [0, 0.05) is 39.8 Å². The first-order valence-corrected chi connectivity index (χ1v) is 7.37. The molecular weight excluding hydrogens is 300 g/mol. The van der Waals surface area contributed by atoms with Crippen molar-refractivity contribution in [2.45, 2.75) is 4.90 Å². The molecule has 0 saturated carbocycles. The molecule has 0 heterocycles. The smallest absolute Gasteiger partial charge is 0.262 e. The Bertz CT molecular complexity index is 711. The molecule has 0 aromatic heterocycles. The molecule has 0 bridgehead atoms. The van der Waals surface area contributed by atoms with Crippen molar-refractivity contribution in [3.05, 3.63) is 53.6 Å². The molecule has 1 unspecified atom stereocenters. The Labute approximate surface area is 121 Å². The zero-order valence-electron chi connectivity index (χ0n) is 10.9. The molecule has 110 valence electrons. The monoisotopic (exact) mass is 311 g/mol. The van der Waals surface area contributed by atoms with Gasteiger partial charge in [-0.15, -0.1) is 0 Å². The second-order valence-electron chi connectivity index (χ2n) is 4.22. The van der Waals surface area contributed by atoms with Crippen molar-refractivity contribution in [2.75, 3.05) is 11.6 Å². The lowest BCUT2D eigenvalue weighted by Gasteiger charge is -2.09. The maximum atomic E-state index is 13.6. The van der Waals surface area contributed by atoms with E-state index >= 15 is 0 Å². The van der Waals surface area contributed by atoms with E-state index in [0.717, 1.165) is 0 Å². The number of carbonyl (C=O) groups is 1. The van der Waals surface area contributed by atoms with Crippen LogP contribution >= 0.6 is 0 Å². The van der Waals surface area contributed by atoms with Crippen molar-refractivity contribution in [3.8, 4) is 5.75 Å². The molecule has 2 rings (SSSR count). The highest BCUT2D eigenvalue weighted by Crippen LogP contribution is 2.23. The van der Waals surface area contributed by atoms with Gasteiger partial charge in [0.05, 0.1) is 0 Å². The Morgan fingerprint density at radius 1 is 1.24 bits per heavy atom. The summed E-state index contributed by atoms with van der Waals surface area (Å²) in [7, 11) is -1.23. The molecule has 0 aliphatic rings. The molecule has 2 aromatic rings. The van der Waals surface area contributed by atoms with Crippen LogP contribution in [0.2, 0.25) is 0 Å². The summed E-state index contributed by atoms with van der Waals surface area (Å²) in [5, 5.41) is 11.8. The fourth-order valence-corrected chi connectivity index (χ4v) is 2.29. The largest absolute Gasteiger partial charge is 0.507 e. The molecule has 4 nitrogen and oxygen atoms in total. The van der Waals surface area contributed by atoms with Gasteiger partial charge in [-0.1, -0.05) is 6.07 Å². The third-order valence-electron chi connectivity index (χ3n) is 2.69. The number of phenols is 1. The summed E-state index contributed by atoms with van der Waals surface area (Å²) in [4.78, 5) is 12.4. The van der Waals surface area contributed by atoms with E-state index in [-0.39, 0.29) is 5.69 Å². The van der Waals surface area contributed by atoms with Crippen molar-refractivity contribution in [2.24, 2.45) is 0 Å². The van der Waals surface area contributed by atoms with E-state index in [1.807, 2.05) is 0 Å². The first-order valence-electron chi connectivity index (χ1n) is 5.81. The van der Waals surface area contributed by atoms with Crippen LogP contribution in [0.1, 0.15) is 10.4 Å². The van der Waals surface area contributed by atoms with Crippen molar-refractivity contribution in [1.29, 1.82) is 0 Å². The van der Waals surface area contributed by atoms with Gasteiger partial charge in [0.2, 0.25) is 0 Å². The maximum absolute atomic E-state index is 13.6. The summed E-state index contributed by atoms with van der Waals surface area (Å²) in [5.41, 5.74) is -0.366. The molecule has 1 atom stereocenters. The van der Waals surface area contributed by atoms with E-state index < -0.39 is 39.7 Å². The van der Waals surface area contributed by atoms with Crippen LogP contribution in [-0.4, -0.2) is 21.5 Å². The number of amides is 1. The van der Waals surface area contributed by atoms with Gasteiger partial charge >= 0.3 is 0 Å². The number of benzene rings is 2. The number of halogens is 2. The van der Waals surface area contributed by atoms with Gasteiger partial charge in [-0.05, 0) is 18.2 Å². The lowest BCUT2D eigenvalue weighted by Crippen LogP contribution is -2.14. The summed E-state index contributed by atoms with van der Waals surface area (Å²) in [6, 6.07) is 7.33. The summed E-state index contributed by atoms with van der Waals surface area (Å²) in [6.07, 6.45) is 1.48. The minimum absolute atomic E-state index is 0.288. The summed E-state index contributed by atoms with van der Waals surface area (Å²) < 4.78 is 37.8. The summed E-state index contributed by atoms with van der Waals surface area (Å²) in [5.74, 6) is -3.87. The molecule has 0 aliphatic heterocycles. The van der Waals surface area contributed by atoms with E-state index in [1.165, 1.54) is 18.4 Å². The minimum atomic E-state index is -1.23. The van der Waals surface area contributed by atoms with Gasteiger partial charge in [0.15, 0.2) is 0 Å². The number of carbonyl (C=O) groups excluding carboxylic acids is 1. The van der Waals surface area contributed by atoms with Crippen molar-refractivity contribution < 1.29 is 22.9 Å². The molecule has 2 N–H and O–H groups in total. The highest BCUT2D eigenvalue weighted by Gasteiger charge is 2.18. The molecule has 1 amide bonds. The number of hydrogen-bond acceptors (Lipinski definition) is 3. The van der Waals surface area contributed by atoms with Crippen molar-refractivity contribution >= 4 is 22.4 Å². The van der Waals surface area contributed by atoms with Crippen LogP contribution in [0.3, 0.4) is 0 Å². The van der Waals surface area contributed by atoms with Crippen LogP contribution in [0.15, 0.2) is 41.3 Å². The first-order chi connectivity index (χ1) is 9.88. The van der Waals surface area contributed by atoms with E-state index in [9.17, 15) is 22.9 Å². The number of hydrogen-bond donors (Lipinski definition) is 2. The van der Waals surface area contributed by atoms with E-state index in [4.69, 9.17) is 0 Å². The number of aromatic hydroxyl groups is 1. The van der Waals surface area contributed by atoms with Gasteiger partial charge in [0.1, 0.15) is 22.9 Å². The van der Waals surface area contributed by atoms with Crippen molar-refractivity contribution in [3.63, 3.8) is 0 Å². The lowest BCUT2D eigenvalue weighted by atomic mass is 10.1. The molecule has 21 heavy (non-hydrogen) atoms. The zero-order valence-corrected chi connectivity index (χ0v) is 11.7. The second-order valence-corrected chi connectivity index (χ2v) is 5.60. The highest BCUT2D eigenvalue weighted by atomic mass is 32.2. The van der Waals surface area contributed by atoms with Crippen LogP contribution in [0.25, 0.3) is 0 Å². The Hall–Kier alpha value is -2.28. The Balaban J connectivity index is 2.30. The highest BCUT2D eigenvalue weighted by molar-refractivity contribution is 7.84. The van der Waals surface area contributed by atoms with Gasteiger partial charge in [-0.2, -0.15) is 0 Å². The van der Waals surface area contributed by atoms with E-state index in [2.05, 4.69) is 5.32 Å². The van der Waals surface area contributed by atoms with Crippen LogP contribution in [0, 0.1) is 11.6 Å². The molecular formula is C14H11F2NO3S. The predicted octanol–water partition coefficient (Wildman–Crippen LogP) is 2.66. The van der Waals surface area contributed by atoms with E-state index in [0.29, 0.717) is 17.0 Å². The molecule has 2 aromatic carbocycles. The van der Waals surface area contributed by atoms with Crippen LogP contribution in [-0.2, 0) is 10.8 Å². The number of anilines is 1. The molecule has 0 fully saturated rings. The van der Waals surface area contributed by atoms with Gasteiger partial charge in [-0.3, -0.25) is 9.00 Å². The third-order valence-corrected chi connectivity index (χ3v) is 3.60. The minimum Gasteiger partial charge on any atom is -0.507 e. The Kier molecular flexibility index (Phi) is 4.32. The zero-order chi connectivity index (χ0) is 15.6. The number of phenolic OH excluding ortho intramolecular Hbond substituents is 1. The summed E-state index contributed by atoms with van der Waals surface area (Å²) in [6.45, 7) is 0. The van der Waals surface area contributed by atoms with E-state index in [1.54, 1.807) is 12.1 Å². The van der Waals surface area contributed by atoms with Crippen LogP contribution < -0.4 is 5.32 Å². The Morgan fingerprint density at radius 2 is 1.95 bits per heavy atom. The predicted molar refractivity (Wildman–Crippen MR) is 74.8 cm³/mol. The van der Waals surface area contributed by atoms with Crippen LogP contribution in [0.4, 0.5) is 14.5 Å². The SMILES string of the molecule is CS(=O)c1cccc(NC(=O)c2c(O)cc(F)cc2F)c1. The van der Waals surface area contributed by atoms with Gasteiger partial charge < -0.3 is 10.4 Å².